The van der Waals surface area contributed by atoms with Gasteiger partial charge in [-0.1, -0.05) is 6.92 Å². The third-order valence-corrected chi connectivity index (χ3v) is 2.22. The number of ether oxygens (including phenoxy) is 1. The molecule has 3 nitrogen and oxygen atoms in total. The van der Waals surface area contributed by atoms with Gasteiger partial charge in [0.2, 0.25) is 0 Å². The Bertz CT molecular complexity index is 186. The smallest absolute Gasteiger partial charge is 0.316 e. The molecule has 1 rings (SSSR count). The van der Waals surface area contributed by atoms with Crippen molar-refractivity contribution in [3.63, 3.8) is 0 Å². The van der Waals surface area contributed by atoms with Gasteiger partial charge in [-0.2, -0.15) is 0 Å². The lowest BCUT2D eigenvalue weighted by Gasteiger charge is -2.09. The molecule has 0 aliphatic heterocycles. The number of hydrogen-bond donors (Lipinski definition) is 0. The topological polar surface area (TPSA) is 43.4 Å². The molecule has 0 aromatic heterocycles. The maximum absolute atomic E-state index is 11.1. The predicted molar refractivity (Wildman–Crippen MR) is 38.9 cm³/mol. The molecule has 1 aliphatic rings. The highest BCUT2D eigenvalue weighted by Crippen LogP contribution is 2.28. The SMILES string of the molecule is COC(=O)[C@@H]1C(=O)CC[C@H]1C. The van der Waals surface area contributed by atoms with E-state index in [0.29, 0.717) is 6.42 Å². The van der Waals surface area contributed by atoms with Crippen LogP contribution < -0.4 is 0 Å². The zero-order valence-corrected chi connectivity index (χ0v) is 6.79. The average Bonchev–Trinajstić information content (AvgIpc) is 2.30. The Morgan fingerprint density at radius 3 is 2.64 bits per heavy atom. The van der Waals surface area contributed by atoms with E-state index in [4.69, 9.17) is 0 Å². The highest BCUT2D eigenvalue weighted by atomic mass is 16.5. The summed E-state index contributed by atoms with van der Waals surface area (Å²) in [6, 6.07) is 0. The molecule has 0 amide bonds. The number of Topliss-reactive ketones (excluding diaryl/α,β-unsaturated/α-hetero) is 1. The first-order valence-corrected chi connectivity index (χ1v) is 3.77. The molecule has 0 N–H and O–H groups in total. The summed E-state index contributed by atoms with van der Waals surface area (Å²) in [5.41, 5.74) is 0. The monoisotopic (exact) mass is 156 g/mol. The molecular weight excluding hydrogens is 144 g/mol. The molecule has 0 aromatic carbocycles. The molecule has 2 atom stereocenters. The number of methoxy groups -OCH3 is 1. The first-order chi connectivity index (χ1) is 5.16. The van der Waals surface area contributed by atoms with E-state index in [1.165, 1.54) is 7.11 Å². The highest BCUT2D eigenvalue weighted by Gasteiger charge is 2.37. The van der Waals surface area contributed by atoms with Crippen LogP contribution in [0, 0.1) is 11.8 Å². The van der Waals surface area contributed by atoms with E-state index in [0.717, 1.165) is 6.42 Å². The van der Waals surface area contributed by atoms with Crippen LogP contribution >= 0.6 is 0 Å². The molecule has 0 saturated heterocycles. The summed E-state index contributed by atoms with van der Waals surface area (Å²) in [6.07, 6.45) is 1.35. The minimum atomic E-state index is -0.486. The van der Waals surface area contributed by atoms with E-state index in [1.807, 2.05) is 6.92 Å². The first-order valence-electron chi connectivity index (χ1n) is 3.77. The fourth-order valence-corrected chi connectivity index (χ4v) is 1.50. The molecule has 1 fully saturated rings. The van der Waals surface area contributed by atoms with E-state index >= 15 is 0 Å². The average molecular weight is 156 g/mol. The molecular formula is C8H12O3. The van der Waals surface area contributed by atoms with Gasteiger partial charge < -0.3 is 4.74 Å². The van der Waals surface area contributed by atoms with Crippen molar-refractivity contribution in [3.8, 4) is 0 Å². The Hall–Kier alpha value is -0.860. The zero-order valence-electron chi connectivity index (χ0n) is 6.79. The molecule has 0 aromatic rings. The fraction of sp³-hybridized carbons (Fsp3) is 0.750. The Morgan fingerprint density at radius 2 is 2.27 bits per heavy atom. The lowest BCUT2D eigenvalue weighted by atomic mass is 9.98. The van der Waals surface area contributed by atoms with E-state index in [1.54, 1.807) is 0 Å². The molecule has 62 valence electrons. The van der Waals surface area contributed by atoms with Gasteiger partial charge in [-0.25, -0.2) is 0 Å². The van der Waals surface area contributed by atoms with Crippen LogP contribution in [-0.4, -0.2) is 18.9 Å². The number of hydrogen-bond acceptors (Lipinski definition) is 3. The molecule has 11 heavy (non-hydrogen) atoms. The molecule has 0 radical (unpaired) electrons. The first kappa shape index (κ1) is 8.24. The van der Waals surface area contributed by atoms with Gasteiger partial charge in [0.25, 0.3) is 0 Å². The molecule has 3 heteroatoms. The standard InChI is InChI=1S/C8H12O3/c1-5-3-4-6(9)7(5)8(10)11-2/h5,7H,3-4H2,1-2H3/t5-,7+/m1/s1. The van der Waals surface area contributed by atoms with Crippen molar-refractivity contribution in [1.29, 1.82) is 0 Å². The lowest BCUT2D eigenvalue weighted by Crippen LogP contribution is -2.24. The van der Waals surface area contributed by atoms with Gasteiger partial charge in [0.1, 0.15) is 11.7 Å². The number of esters is 1. The summed E-state index contributed by atoms with van der Waals surface area (Å²) in [7, 11) is 1.32. The molecule has 0 spiro atoms. The zero-order chi connectivity index (χ0) is 8.43. The summed E-state index contributed by atoms with van der Waals surface area (Å²) >= 11 is 0. The molecule has 0 bridgehead atoms. The van der Waals surface area contributed by atoms with Crippen LogP contribution in [-0.2, 0) is 14.3 Å². The number of carbonyl (C=O) groups is 2. The minimum absolute atomic E-state index is 0.0318. The quantitative estimate of drug-likeness (QED) is 0.416. The van der Waals surface area contributed by atoms with E-state index in [9.17, 15) is 9.59 Å². The summed E-state index contributed by atoms with van der Waals surface area (Å²) in [5, 5.41) is 0. The third-order valence-electron chi connectivity index (χ3n) is 2.22. The second-order valence-corrected chi connectivity index (χ2v) is 2.98. The second-order valence-electron chi connectivity index (χ2n) is 2.98. The van der Waals surface area contributed by atoms with Crippen LogP contribution in [0.4, 0.5) is 0 Å². The van der Waals surface area contributed by atoms with Gasteiger partial charge in [-0.05, 0) is 12.3 Å². The van der Waals surface area contributed by atoms with Crippen molar-refractivity contribution < 1.29 is 14.3 Å². The van der Waals surface area contributed by atoms with Gasteiger partial charge in [0.05, 0.1) is 7.11 Å². The van der Waals surface area contributed by atoms with Crippen molar-refractivity contribution in [1.82, 2.24) is 0 Å². The largest absolute Gasteiger partial charge is 0.468 e. The van der Waals surface area contributed by atoms with Crippen LogP contribution in [0.3, 0.4) is 0 Å². The van der Waals surface area contributed by atoms with Crippen molar-refractivity contribution in [2.24, 2.45) is 11.8 Å². The van der Waals surface area contributed by atoms with Crippen LogP contribution in [0.5, 0.6) is 0 Å². The van der Waals surface area contributed by atoms with Crippen molar-refractivity contribution in [3.05, 3.63) is 0 Å². The van der Waals surface area contributed by atoms with Crippen molar-refractivity contribution >= 4 is 11.8 Å². The summed E-state index contributed by atoms with van der Waals surface area (Å²) in [5.74, 6) is -0.667. The van der Waals surface area contributed by atoms with Gasteiger partial charge in [0, 0.05) is 6.42 Å². The van der Waals surface area contributed by atoms with Crippen LogP contribution in [0.15, 0.2) is 0 Å². The maximum Gasteiger partial charge on any atom is 0.316 e. The summed E-state index contributed by atoms with van der Waals surface area (Å²) in [4.78, 5) is 22.1. The molecule has 0 unspecified atom stereocenters. The highest BCUT2D eigenvalue weighted by molar-refractivity contribution is 6.00. The van der Waals surface area contributed by atoms with E-state index in [-0.39, 0.29) is 17.7 Å². The Kier molecular flexibility index (Phi) is 2.27. The van der Waals surface area contributed by atoms with Crippen LogP contribution in [0.1, 0.15) is 19.8 Å². The van der Waals surface area contributed by atoms with E-state index in [2.05, 4.69) is 4.74 Å². The van der Waals surface area contributed by atoms with Crippen LogP contribution in [0.25, 0.3) is 0 Å². The van der Waals surface area contributed by atoms with Crippen molar-refractivity contribution in [2.75, 3.05) is 7.11 Å². The van der Waals surface area contributed by atoms with Gasteiger partial charge in [-0.15, -0.1) is 0 Å². The Balaban J connectivity index is 2.68. The summed E-state index contributed by atoms with van der Waals surface area (Å²) in [6.45, 7) is 1.91. The minimum Gasteiger partial charge on any atom is -0.468 e. The summed E-state index contributed by atoms with van der Waals surface area (Å²) < 4.78 is 4.52. The molecule has 1 aliphatic carbocycles. The molecule has 0 heterocycles. The number of carbonyl (C=O) groups excluding carboxylic acids is 2. The maximum atomic E-state index is 11.1. The normalized spacial score (nSPS) is 30.5. The number of ketones is 1. The van der Waals surface area contributed by atoms with Crippen LogP contribution in [0.2, 0.25) is 0 Å². The van der Waals surface area contributed by atoms with E-state index < -0.39 is 5.92 Å². The fourth-order valence-electron chi connectivity index (χ4n) is 1.50. The predicted octanol–water partition coefficient (Wildman–Crippen LogP) is 0.775. The second kappa shape index (κ2) is 3.03. The number of rotatable bonds is 1. The van der Waals surface area contributed by atoms with Gasteiger partial charge in [0.15, 0.2) is 0 Å². The Labute approximate surface area is 65.7 Å². The van der Waals surface area contributed by atoms with Gasteiger partial charge >= 0.3 is 5.97 Å². The third kappa shape index (κ3) is 1.42. The van der Waals surface area contributed by atoms with Gasteiger partial charge in [-0.3, -0.25) is 9.59 Å². The lowest BCUT2D eigenvalue weighted by molar-refractivity contribution is -0.149. The van der Waals surface area contributed by atoms with Crippen molar-refractivity contribution in [2.45, 2.75) is 19.8 Å². The molecule has 1 saturated carbocycles. The Morgan fingerprint density at radius 1 is 1.64 bits per heavy atom.